The Morgan fingerprint density at radius 1 is 0.938 bits per heavy atom. The van der Waals surface area contributed by atoms with E-state index in [1.807, 2.05) is 0 Å². The van der Waals surface area contributed by atoms with Gasteiger partial charge in [0.25, 0.3) is 17.7 Å². The zero-order valence-corrected chi connectivity index (χ0v) is 18.5. The van der Waals surface area contributed by atoms with Gasteiger partial charge in [-0.25, -0.2) is 4.79 Å². The van der Waals surface area contributed by atoms with Crippen molar-refractivity contribution < 1.29 is 23.9 Å². The first kappa shape index (κ1) is 22.3. The molecular weight excluding hydrogens is 455 g/mol. The number of carbonyl (C=O) groups excluding carboxylic acids is 4. The molecule has 0 aromatic heterocycles. The number of hydrogen-bond donors (Lipinski definition) is 1. The molecule has 1 aliphatic heterocycles. The summed E-state index contributed by atoms with van der Waals surface area (Å²) < 4.78 is 5.06. The number of halogens is 2. The van der Waals surface area contributed by atoms with Crippen molar-refractivity contribution in [3.8, 4) is 0 Å². The predicted molar refractivity (Wildman–Crippen MR) is 119 cm³/mol. The van der Waals surface area contributed by atoms with Crippen LogP contribution in [-0.4, -0.2) is 41.2 Å². The second-order valence-electron chi connectivity index (χ2n) is 7.79. The summed E-state index contributed by atoms with van der Waals surface area (Å²) in [5.41, 5.74) is 0.979. The van der Waals surface area contributed by atoms with Gasteiger partial charge in [-0.05, 0) is 49.2 Å². The van der Waals surface area contributed by atoms with Gasteiger partial charge in [0.15, 0.2) is 6.61 Å². The van der Waals surface area contributed by atoms with Crippen molar-refractivity contribution in [2.75, 3.05) is 11.9 Å². The minimum Gasteiger partial charge on any atom is -0.452 e. The highest BCUT2D eigenvalue weighted by molar-refractivity contribution is 6.42. The Morgan fingerprint density at radius 3 is 2.38 bits per heavy atom. The van der Waals surface area contributed by atoms with Gasteiger partial charge in [0.2, 0.25) is 0 Å². The fraction of sp³-hybridized carbons (Fsp3) is 0.304. The molecule has 3 amide bonds. The van der Waals surface area contributed by atoms with Crippen molar-refractivity contribution in [2.24, 2.45) is 0 Å². The summed E-state index contributed by atoms with van der Waals surface area (Å²) >= 11 is 11.7. The molecule has 0 bridgehead atoms. The van der Waals surface area contributed by atoms with Crippen molar-refractivity contribution in [1.29, 1.82) is 0 Å². The lowest BCUT2D eigenvalue weighted by atomic mass is 9.94. The SMILES string of the molecule is O=C(COC(=O)c1ccc2c(c1)C(=O)N(C1CCCCC1)C2=O)Nc1ccc(Cl)c(Cl)c1. The first-order valence-corrected chi connectivity index (χ1v) is 11.0. The molecule has 2 aliphatic rings. The van der Waals surface area contributed by atoms with E-state index in [1.165, 1.54) is 35.2 Å². The second-order valence-corrected chi connectivity index (χ2v) is 8.60. The maximum absolute atomic E-state index is 12.9. The molecule has 1 N–H and O–H groups in total. The highest BCUT2D eigenvalue weighted by Crippen LogP contribution is 2.31. The number of amides is 3. The Hall–Kier alpha value is -2.90. The Kier molecular flexibility index (Phi) is 6.48. The molecule has 7 nitrogen and oxygen atoms in total. The Labute approximate surface area is 194 Å². The molecule has 32 heavy (non-hydrogen) atoms. The second kappa shape index (κ2) is 9.30. The largest absolute Gasteiger partial charge is 0.452 e. The molecule has 2 aromatic carbocycles. The molecule has 1 heterocycles. The van der Waals surface area contributed by atoms with Crippen LogP contribution in [0.25, 0.3) is 0 Å². The Morgan fingerprint density at radius 2 is 1.66 bits per heavy atom. The number of nitrogens with one attached hydrogen (secondary N) is 1. The van der Waals surface area contributed by atoms with Gasteiger partial charge in [-0.3, -0.25) is 19.3 Å². The van der Waals surface area contributed by atoms with Gasteiger partial charge in [0.1, 0.15) is 0 Å². The quantitative estimate of drug-likeness (QED) is 0.499. The van der Waals surface area contributed by atoms with Gasteiger partial charge in [-0.15, -0.1) is 0 Å². The van der Waals surface area contributed by atoms with E-state index in [0.29, 0.717) is 10.7 Å². The van der Waals surface area contributed by atoms with E-state index in [0.717, 1.165) is 32.1 Å². The van der Waals surface area contributed by atoms with Gasteiger partial charge in [-0.1, -0.05) is 42.5 Å². The van der Waals surface area contributed by atoms with Crippen LogP contribution >= 0.6 is 23.2 Å². The van der Waals surface area contributed by atoms with Crippen molar-refractivity contribution >= 4 is 52.6 Å². The summed E-state index contributed by atoms with van der Waals surface area (Å²) in [6, 6.07) is 8.72. The number of imide groups is 1. The number of rotatable bonds is 5. The fourth-order valence-corrected chi connectivity index (χ4v) is 4.34. The van der Waals surface area contributed by atoms with E-state index < -0.39 is 18.5 Å². The van der Waals surface area contributed by atoms with E-state index in [1.54, 1.807) is 6.07 Å². The summed E-state index contributed by atoms with van der Waals surface area (Å²) in [4.78, 5) is 51.4. The fourth-order valence-electron chi connectivity index (χ4n) is 4.04. The lowest BCUT2D eigenvalue weighted by Gasteiger charge is -2.29. The first-order chi connectivity index (χ1) is 15.3. The molecule has 0 spiro atoms. The summed E-state index contributed by atoms with van der Waals surface area (Å²) in [6.07, 6.45) is 4.68. The van der Waals surface area contributed by atoms with Crippen LogP contribution in [0.15, 0.2) is 36.4 Å². The third-order valence-corrected chi connectivity index (χ3v) is 6.37. The zero-order chi connectivity index (χ0) is 22.8. The predicted octanol–water partition coefficient (Wildman–Crippen LogP) is 4.72. The zero-order valence-electron chi connectivity index (χ0n) is 17.0. The Balaban J connectivity index is 1.40. The van der Waals surface area contributed by atoms with Crippen LogP contribution in [0, 0.1) is 0 Å². The highest BCUT2D eigenvalue weighted by atomic mass is 35.5. The molecule has 2 aromatic rings. The third kappa shape index (κ3) is 4.49. The van der Waals surface area contributed by atoms with Gasteiger partial charge >= 0.3 is 5.97 Å². The molecular formula is C23H20Cl2N2O5. The number of fused-ring (bicyclic) bond motifs is 1. The number of esters is 1. The highest BCUT2D eigenvalue weighted by Gasteiger charge is 2.40. The monoisotopic (exact) mass is 474 g/mol. The summed E-state index contributed by atoms with van der Waals surface area (Å²) in [6.45, 7) is -0.531. The van der Waals surface area contributed by atoms with Crippen LogP contribution in [0.3, 0.4) is 0 Å². The topological polar surface area (TPSA) is 92.8 Å². The lowest BCUT2D eigenvalue weighted by Crippen LogP contribution is -2.40. The van der Waals surface area contributed by atoms with Gasteiger partial charge in [-0.2, -0.15) is 0 Å². The molecule has 0 atom stereocenters. The van der Waals surface area contributed by atoms with E-state index >= 15 is 0 Å². The minimum absolute atomic E-state index is 0.0951. The third-order valence-electron chi connectivity index (χ3n) is 5.63. The van der Waals surface area contributed by atoms with Crippen molar-refractivity contribution in [3.05, 3.63) is 63.1 Å². The molecule has 4 rings (SSSR count). The van der Waals surface area contributed by atoms with Crippen LogP contribution in [0.4, 0.5) is 5.69 Å². The minimum atomic E-state index is -0.770. The van der Waals surface area contributed by atoms with Gasteiger partial charge in [0, 0.05) is 11.7 Å². The number of benzene rings is 2. The van der Waals surface area contributed by atoms with Crippen LogP contribution < -0.4 is 5.32 Å². The average molecular weight is 475 g/mol. The molecule has 166 valence electrons. The van der Waals surface area contributed by atoms with Gasteiger partial charge < -0.3 is 10.1 Å². The van der Waals surface area contributed by atoms with E-state index in [9.17, 15) is 19.2 Å². The van der Waals surface area contributed by atoms with E-state index in [2.05, 4.69) is 5.32 Å². The van der Waals surface area contributed by atoms with Crippen LogP contribution in [0.1, 0.15) is 63.2 Å². The summed E-state index contributed by atoms with van der Waals surface area (Å²) in [5, 5.41) is 3.18. The number of nitrogens with zero attached hydrogens (tertiary/aromatic N) is 1. The van der Waals surface area contributed by atoms with E-state index in [-0.39, 0.29) is 39.6 Å². The maximum Gasteiger partial charge on any atom is 0.338 e. The van der Waals surface area contributed by atoms with Crippen molar-refractivity contribution in [3.63, 3.8) is 0 Å². The van der Waals surface area contributed by atoms with Crippen molar-refractivity contribution in [2.45, 2.75) is 38.1 Å². The van der Waals surface area contributed by atoms with Gasteiger partial charge in [0.05, 0.1) is 26.7 Å². The Bertz CT molecular complexity index is 1110. The van der Waals surface area contributed by atoms with E-state index in [4.69, 9.17) is 27.9 Å². The molecule has 9 heteroatoms. The normalized spacial score (nSPS) is 16.1. The number of carbonyl (C=O) groups is 4. The molecule has 0 unspecified atom stereocenters. The maximum atomic E-state index is 12.9. The number of hydrogen-bond acceptors (Lipinski definition) is 5. The summed E-state index contributed by atoms with van der Waals surface area (Å²) in [7, 11) is 0. The smallest absolute Gasteiger partial charge is 0.338 e. The number of ether oxygens (including phenoxy) is 1. The molecule has 1 fully saturated rings. The van der Waals surface area contributed by atoms with Crippen LogP contribution in [0.2, 0.25) is 10.0 Å². The summed E-state index contributed by atoms with van der Waals surface area (Å²) in [5.74, 6) is -2.04. The first-order valence-electron chi connectivity index (χ1n) is 10.3. The van der Waals surface area contributed by atoms with Crippen molar-refractivity contribution in [1.82, 2.24) is 4.90 Å². The molecule has 1 aliphatic carbocycles. The molecule has 0 saturated heterocycles. The number of anilines is 1. The lowest BCUT2D eigenvalue weighted by molar-refractivity contribution is -0.119. The standard InChI is InChI=1S/C23H20Cl2N2O5/c24-18-9-7-14(11-19(18)25)26-20(28)12-32-23(31)13-6-8-16-17(10-13)22(30)27(21(16)29)15-4-2-1-3-5-15/h6-11,15H,1-5,12H2,(H,26,28). The van der Waals surface area contributed by atoms with Crippen LogP contribution in [0.5, 0.6) is 0 Å². The average Bonchev–Trinajstić information content (AvgIpc) is 3.04. The molecule has 1 saturated carbocycles. The molecule has 0 radical (unpaired) electrons. The van der Waals surface area contributed by atoms with Crippen LogP contribution in [-0.2, 0) is 9.53 Å².